The zero-order valence-corrected chi connectivity index (χ0v) is 15.2. The summed E-state index contributed by atoms with van der Waals surface area (Å²) in [6.45, 7) is 6.99. The Kier molecular flexibility index (Phi) is 6.27. The zero-order chi connectivity index (χ0) is 17.5. The third kappa shape index (κ3) is 5.74. The standard InChI is InChI=1S/C18H23N5OS/c1-15-20-21-18(25-15)19-17(24)14-23-12-10-22(11-13-23)9-5-8-16-6-3-2-4-7-16/h2-8H,9-14H2,1H3,(H,19,21,24). The van der Waals surface area contributed by atoms with Gasteiger partial charge in [0.1, 0.15) is 5.01 Å². The number of anilines is 1. The predicted molar refractivity (Wildman–Crippen MR) is 102 cm³/mol. The molecule has 6 nitrogen and oxygen atoms in total. The topological polar surface area (TPSA) is 61.4 Å². The maximum atomic E-state index is 12.1. The number of hydrogen-bond donors (Lipinski definition) is 1. The van der Waals surface area contributed by atoms with Gasteiger partial charge in [0.15, 0.2) is 0 Å². The molecule has 1 aromatic heterocycles. The molecule has 1 aromatic carbocycles. The van der Waals surface area contributed by atoms with Crippen molar-refractivity contribution in [3.63, 3.8) is 0 Å². The number of aromatic nitrogens is 2. The second-order valence-corrected chi connectivity index (χ2v) is 7.25. The van der Waals surface area contributed by atoms with Gasteiger partial charge in [0, 0.05) is 32.7 Å². The lowest BCUT2D eigenvalue weighted by Gasteiger charge is -2.33. The molecule has 2 aromatic rings. The maximum Gasteiger partial charge on any atom is 0.240 e. The quantitative estimate of drug-likeness (QED) is 0.858. The van der Waals surface area contributed by atoms with Crippen molar-refractivity contribution in [2.45, 2.75) is 6.92 Å². The van der Waals surface area contributed by atoms with Gasteiger partial charge in [0.25, 0.3) is 0 Å². The Labute approximate surface area is 152 Å². The van der Waals surface area contributed by atoms with E-state index >= 15 is 0 Å². The summed E-state index contributed by atoms with van der Waals surface area (Å²) in [4.78, 5) is 16.6. The first kappa shape index (κ1) is 17.7. The summed E-state index contributed by atoms with van der Waals surface area (Å²) >= 11 is 1.40. The Hall–Kier alpha value is -2.09. The van der Waals surface area contributed by atoms with Gasteiger partial charge in [-0.1, -0.05) is 53.8 Å². The molecule has 25 heavy (non-hydrogen) atoms. The Morgan fingerprint density at radius 3 is 2.56 bits per heavy atom. The molecule has 1 aliphatic rings. The number of benzene rings is 1. The fourth-order valence-electron chi connectivity index (χ4n) is 2.74. The first-order chi connectivity index (χ1) is 12.2. The van der Waals surface area contributed by atoms with E-state index in [1.165, 1.54) is 16.9 Å². The van der Waals surface area contributed by atoms with Crippen LogP contribution < -0.4 is 5.32 Å². The monoisotopic (exact) mass is 357 g/mol. The average molecular weight is 357 g/mol. The summed E-state index contributed by atoms with van der Waals surface area (Å²) in [5.74, 6) is -0.0198. The summed E-state index contributed by atoms with van der Waals surface area (Å²) in [6, 6.07) is 10.3. The predicted octanol–water partition coefficient (Wildman–Crippen LogP) is 2.12. The van der Waals surface area contributed by atoms with Crippen LogP contribution in [0.15, 0.2) is 36.4 Å². The first-order valence-corrected chi connectivity index (χ1v) is 9.27. The van der Waals surface area contributed by atoms with Gasteiger partial charge in [-0.25, -0.2) is 0 Å². The van der Waals surface area contributed by atoms with Crippen LogP contribution in [-0.4, -0.2) is 65.2 Å². The third-order valence-electron chi connectivity index (χ3n) is 4.08. The number of hydrogen-bond acceptors (Lipinski definition) is 6. The minimum Gasteiger partial charge on any atom is -0.299 e. The van der Waals surface area contributed by atoms with Crippen LogP contribution in [0.3, 0.4) is 0 Å². The highest BCUT2D eigenvalue weighted by Crippen LogP contribution is 2.13. The van der Waals surface area contributed by atoms with Gasteiger partial charge in [-0.05, 0) is 12.5 Å². The number of piperazine rings is 1. The molecule has 7 heteroatoms. The molecule has 132 valence electrons. The van der Waals surface area contributed by atoms with Crippen molar-refractivity contribution in [3.8, 4) is 0 Å². The number of amides is 1. The highest BCUT2D eigenvalue weighted by atomic mass is 32.1. The van der Waals surface area contributed by atoms with Crippen LogP contribution in [0.4, 0.5) is 5.13 Å². The molecular formula is C18H23N5OS. The van der Waals surface area contributed by atoms with Gasteiger partial charge in [-0.3, -0.25) is 19.9 Å². The average Bonchev–Trinajstić information content (AvgIpc) is 3.02. The molecule has 0 radical (unpaired) electrons. The van der Waals surface area contributed by atoms with E-state index in [1.54, 1.807) is 0 Å². The van der Waals surface area contributed by atoms with Crippen LogP contribution in [0.2, 0.25) is 0 Å². The SMILES string of the molecule is Cc1nnc(NC(=O)CN2CCN(CC=Cc3ccccc3)CC2)s1. The molecule has 1 N–H and O–H groups in total. The van der Waals surface area contributed by atoms with Crippen molar-refractivity contribution in [1.82, 2.24) is 20.0 Å². The number of rotatable bonds is 6. The molecule has 0 saturated carbocycles. The Balaban J connectivity index is 1.37. The molecule has 1 fully saturated rings. The van der Waals surface area contributed by atoms with Crippen LogP contribution in [0, 0.1) is 6.92 Å². The lowest BCUT2D eigenvalue weighted by atomic mass is 10.2. The molecule has 3 rings (SSSR count). The van der Waals surface area contributed by atoms with Gasteiger partial charge in [0.2, 0.25) is 11.0 Å². The molecule has 0 aliphatic carbocycles. The van der Waals surface area contributed by atoms with Crippen molar-refractivity contribution in [1.29, 1.82) is 0 Å². The number of aryl methyl sites for hydroxylation is 1. The van der Waals surface area contributed by atoms with Crippen molar-refractivity contribution in [2.24, 2.45) is 0 Å². The Morgan fingerprint density at radius 2 is 1.88 bits per heavy atom. The van der Waals surface area contributed by atoms with E-state index in [1.807, 2.05) is 25.1 Å². The van der Waals surface area contributed by atoms with E-state index in [2.05, 4.69) is 49.6 Å². The van der Waals surface area contributed by atoms with Gasteiger partial charge >= 0.3 is 0 Å². The van der Waals surface area contributed by atoms with Crippen LogP contribution in [0.5, 0.6) is 0 Å². The second kappa shape index (κ2) is 8.84. The fraction of sp³-hybridized carbons (Fsp3) is 0.389. The molecule has 0 unspecified atom stereocenters. The molecule has 0 spiro atoms. The van der Waals surface area contributed by atoms with Gasteiger partial charge in [0.05, 0.1) is 6.54 Å². The van der Waals surface area contributed by atoms with E-state index in [9.17, 15) is 4.79 Å². The normalized spacial score (nSPS) is 16.4. The highest BCUT2D eigenvalue weighted by molar-refractivity contribution is 7.15. The van der Waals surface area contributed by atoms with Crippen molar-refractivity contribution in [2.75, 3.05) is 44.6 Å². The Bertz CT molecular complexity index is 707. The van der Waals surface area contributed by atoms with Crippen LogP contribution in [0.25, 0.3) is 6.08 Å². The highest BCUT2D eigenvalue weighted by Gasteiger charge is 2.18. The van der Waals surface area contributed by atoms with Crippen molar-refractivity contribution in [3.05, 3.63) is 47.0 Å². The van der Waals surface area contributed by atoms with Crippen LogP contribution in [0.1, 0.15) is 10.6 Å². The lowest BCUT2D eigenvalue weighted by molar-refractivity contribution is -0.117. The summed E-state index contributed by atoms with van der Waals surface area (Å²) in [6.07, 6.45) is 4.36. The molecular weight excluding hydrogens is 334 g/mol. The Morgan fingerprint density at radius 1 is 1.16 bits per heavy atom. The molecule has 0 bridgehead atoms. The van der Waals surface area contributed by atoms with Gasteiger partial charge in [-0.2, -0.15) is 0 Å². The number of nitrogens with one attached hydrogen (secondary N) is 1. The van der Waals surface area contributed by atoms with E-state index in [4.69, 9.17) is 0 Å². The summed E-state index contributed by atoms with van der Waals surface area (Å²) in [7, 11) is 0. The van der Waals surface area contributed by atoms with Crippen LogP contribution in [-0.2, 0) is 4.79 Å². The summed E-state index contributed by atoms with van der Waals surface area (Å²) in [5, 5.41) is 12.1. The maximum absolute atomic E-state index is 12.1. The number of carbonyl (C=O) groups is 1. The lowest BCUT2D eigenvalue weighted by Crippen LogP contribution is -2.48. The van der Waals surface area contributed by atoms with E-state index in [-0.39, 0.29) is 5.91 Å². The zero-order valence-electron chi connectivity index (χ0n) is 14.4. The van der Waals surface area contributed by atoms with Gasteiger partial charge in [-0.15, -0.1) is 10.2 Å². The molecule has 0 atom stereocenters. The first-order valence-electron chi connectivity index (χ1n) is 8.45. The number of nitrogens with zero attached hydrogens (tertiary/aromatic N) is 4. The van der Waals surface area contributed by atoms with E-state index < -0.39 is 0 Å². The van der Waals surface area contributed by atoms with E-state index in [0.717, 1.165) is 37.7 Å². The molecule has 1 aliphatic heterocycles. The van der Waals surface area contributed by atoms with Crippen molar-refractivity contribution >= 4 is 28.5 Å². The molecule has 1 saturated heterocycles. The molecule has 2 heterocycles. The third-order valence-corrected chi connectivity index (χ3v) is 4.83. The van der Waals surface area contributed by atoms with Gasteiger partial charge < -0.3 is 0 Å². The summed E-state index contributed by atoms with van der Waals surface area (Å²) < 4.78 is 0. The van der Waals surface area contributed by atoms with Crippen LogP contribution >= 0.6 is 11.3 Å². The van der Waals surface area contributed by atoms with Crippen molar-refractivity contribution < 1.29 is 4.79 Å². The smallest absolute Gasteiger partial charge is 0.240 e. The van der Waals surface area contributed by atoms with E-state index in [0.29, 0.717) is 11.7 Å². The number of carbonyl (C=O) groups excluding carboxylic acids is 1. The molecule has 1 amide bonds. The minimum absolute atomic E-state index is 0.0198. The minimum atomic E-state index is -0.0198. The summed E-state index contributed by atoms with van der Waals surface area (Å²) in [5.41, 5.74) is 1.23. The fourth-order valence-corrected chi connectivity index (χ4v) is 3.35. The second-order valence-electron chi connectivity index (χ2n) is 6.06. The largest absolute Gasteiger partial charge is 0.299 e.